The molecule has 0 atom stereocenters. The maximum atomic E-state index is 13.2. The van der Waals surface area contributed by atoms with Crippen LogP contribution in [0.15, 0.2) is 8.47 Å². The Balaban J connectivity index is 1.94. The van der Waals surface area contributed by atoms with Gasteiger partial charge in [-0.2, -0.15) is 0 Å². The van der Waals surface area contributed by atoms with Crippen LogP contribution in [-0.2, 0) is 32.6 Å². The van der Waals surface area contributed by atoms with Gasteiger partial charge in [0, 0.05) is 11.5 Å². The second-order valence-corrected chi connectivity index (χ2v) is 13.7. The molecule has 7 nitrogen and oxygen atoms in total. The molecule has 0 saturated carbocycles. The molecule has 0 aromatic heterocycles. The number of ether oxygens (including phenoxy) is 4. The molecule has 29 heavy (non-hydrogen) atoms. The summed E-state index contributed by atoms with van der Waals surface area (Å²) in [6.07, 6.45) is 0. The molecule has 12 heteroatoms. The lowest BCUT2D eigenvalue weighted by atomic mass is 10.7. The highest BCUT2D eigenvalue weighted by molar-refractivity contribution is 8.40. The van der Waals surface area contributed by atoms with Gasteiger partial charge in [-0.15, -0.1) is 23.5 Å². The van der Waals surface area contributed by atoms with Gasteiger partial charge < -0.3 is 28.0 Å². The summed E-state index contributed by atoms with van der Waals surface area (Å²) in [5, 5.41) is 0. The Kier molecular flexibility index (Phi) is 14.4. The van der Waals surface area contributed by atoms with Gasteiger partial charge in [-0.25, -0.2) is 0 Å². The standard InChI is InChI=1S/C17H31O7PS4/c1-3-23-25(18,24-4-2)17-28-15-16(29-17)27-14-12-22-10-8-20-6-5-19-7-9-21-11-13-26-15/h17H,3-14H2,1-2H3. The summed E-state index contributed by atoms with van der Waals surface area (Å²) in [5.74, 6) is 1.65. The quantitative estimate of drug-likeness (QED) is 0.488. The zero-order valence-corrected chi connectivity index (χ0v) is 21.2. The Labute approximate surface area is 191 Å². The predicted molar refractivity (Wildman–Crippen MR) is 125 cm³/mol. The van der Waals surface area contributed by atoms with Gasteiger partial charge in [0.2, 0.25) is 0 Å². The molecule has 0 amide bonds. The minimum Gasteiger partial charge on any atom is -0.378 e. The minimum atomic E-state index is -3.18. The normalized spacial score (nSPS) is 22.8. The first-order chi connectivity index (χ1) is 14.2. The van der Waals surface area contributed by atoms with E-state index in [-0.39, 0.29) is 4.32 Å². The van der Waals surface area contributed by atoms with Crippen LogP contribution in [0.2, 0.25) is 0 Å². The van der Waals surface area contributed by atoms with Crippen molar-refractivity contribution in [1.82, 2.24) is 0 Å². The van der Waals surface area contributed by atoms with Crippen LogP contribution in [0.4, 0.5) is 0 Å². The third kappa shape index (κ3) is 10.1. The van der Waals surface area contributed by atoms with E-state index in [1.54, 1.807) is 47.0 Å². The van der Waals surface area contributed by atoms with Crippen molar-refractivity contribution >= 4 is 54.6 Å². The van der Waals surface area contributed by atoms with Gasteiger partial charge in [-0.05, 0) is 13.8 Å². The second kappa shape index (κ2) is 15.9. The summed E-state index contributed by atoms with van der Waals surface area (Å²) in [6.45, 7) is 9.09. The van der Waals surface area contributed by atoms with E-state index in [4.69, 9.17) is 28.0 Å². The van der Waals surface area contributed by atoms with Crippen molar-refractivity contribution in [1.29, 1.82) is 0 Å². The molecule has 170 valence electrons. The third-order valence-corrected chi connectivity index (χ3v) is 12.7. The van der Waals surface area contributed by atoms with Crippen molar-refractivity contribution in [2.45, 2.75) is 18.2 Å². The number of rotatable bonds is 5. The number of hydrogen-bond acceptors (Lipinski definition) is 11. The van der Waals surface area contributed by atoms with Gasteiger partial charge in [0.15, 0.2) is 4.32 Å². The summed E-state index contributed by atoms with van der Waals surface area (Å²) in [5.41, 5.74) is 0. The Morgan fingerprint density at radius 1 is 0.759 bits per heavy atom. The first-order valence-corrected chi connectivity index (χ1v) is 15.1. The second-order valence-electron chi connectivity index (χ2n) is 5.64. The molecule has 2 rings (SSSR count). The smallest absolute Gasteiger partial charge is 0.354 e. The number of thioether (sulfide) groups is 4. The highest BCUT2D eigenvalue weighted by atomic mass is 32.3. The summed E-state index contributed by atoms with van der Waals surface area (Å²) in [6, 6.07) is 0. The maximum absolute atomic E-state index is 13.2. The Morgan fingerprint density at radius 2 is 1.14 bits per heavy atom. The van der Waals surface area contributed by atoms with E-state index in [1.807, 2.05) is 13.8 Å². The van der Waals surface area contributed by atoms with E-state index in [2.05, 4.69) is 0 Å². The van der Waals surface area contributed by atoms with Crippen LogP contribution >= 0.6 is 54.6 Å². The van der Waals surface area contributed by atoms with E-state index in [1.165, 1.54) is 0 Å². The Hall–Kier alpha value is 1.13. The van der Waals surface area contributed by atoms with Crippen LogP contribution in [0.5, 0.6) is 0 Å². The average molecular weight is 507 g/mol. The van der Waals surface area contributed by atoms with Crippen molar-refractivity contribution in [3.05, 3.63) is 8.47 Å². The Morgan fingerprint density at radius 3 is 1.52 bits per heavy atom. The summed E-state index contributed by atoms with van der Waals surface area (Å²) < 4.78 is 48.6. The average Bonchev–Trinajstić information content (AvgIpc) is 3.11. The van der Waals surface area contributed by atoms with Gasteiger partial charge in [0.05, 0.1) is 74.5 Å². The molecule has 0 aromatic carbocycles. The van der Waals surface area contributed by atoms with Crippen LogP contribution in [0, 0.1) is 0 Å². The summed E-state index contributed by atoms with van der Waals surface area (Å²) in [4.78, 5) is 0. The van der Waals surface area contributed by atoms with Crippen LogP contribution in [-0.4, -0.2) is 81.9 Å². The van der Waals surface area contributed by atoms with Crippen LogP contribution in [0.1, 0.15) is 13.8 Å². The summed E-state index contributed by atoms with van der Waals surface area (Å²) in [7, 11) is -3.18. The van der Waals surface area contributed by atoms with E-state index >= 15 is 0 Å². The Bertz CT molecular complexity index is 498. The highest BCUT2D eigenvalue weighted by Crippen LogP contribution is 2.70. The molecule has 0 fully saturated rings. The predicted octanol–water partition coefficient (Wildman–Crippen LogP) is 4.69. The van der Waals surface area contributed by atoms with Crippen molar-refractivity contribution in [3.8, 4) is 0 Å². The van der Waals surface area contributed by atoms with Gasteiger partial charge in [0.25, 0.3) is 0 Å². The zero-order valence-electron chi connectivity index (χ0n) is 17.0. The highest BCUT2D eigenvalue weighted by Gasteiger charge is 2.43. The van der Waals surface area contributed by atoms with Crippen LogP contribution in [0.3, 0.4) is 0 Å². The molecule has 0 unspecified atom stereocenters. The van der Waals surface area contributed by atoms with Crippen molar-refractivity contribution in [2.24, 2.45) is 0 Å². The molecule has 0 spiro atoms. The number of hydrogen-bond donors (Lipinski definition) is 0. The first-order valence-electron chi connectivity index (χ1n) is 9.72. The van der Waals surface area contributed by atoms with Crippen LogP contribution in [0.25, 0.3) is 0 Å². The molecule has 0 radical (unpaired) electrons. The summed E-state index contributed by atoms with van der Waals surface area (Å²) >= 11 is 6.64. The molecular weight excluding hydrogens is 475 g/mol. The van der Waals surface area contributed by atoms with Crippen molar-refractivity contribution < 1.29 is 32.6 Å². The fourth-order valence-corrected chi connectivity index (χ4v) is 11.8. The SMILES string of the molecule is CCOP(=O)(OCC)C1SC2=C(SCCOCCOCCOCCOCCS2)S1. The maximum Gasteiger partial charge on any atom is 0.354 e. The largest absolute Gasteiger partial charge is 0.378 e. The molecule has 0 saturated heterocycles. The monoisotopic (exact) mass is 506 g/mol. The zero-order chi connectivity index (χ0) is 20.8. The molecule has 0 aliphatic carbocycles. The topological polar surface area (TPSA) is 72.5 Å². The van der Waals surface area contributed by atoms with Gasteiger partial charge in [-0.3, -0.25) is 4.57 Å². The van der Waals surface area contributed by atoms with Gasteiger partial charge in [0.1, 0.15) is 0 Å². The minimum absolute atomic E-state index is 0.273. The van der Waals surface area contributed by atoms with Gasteiger partial charge in [-0.1, -0.05) is 23.5 Å². The van der Waals surface area contributed by atoms with E-state index < -0.39 is 7.60 Å². The van der Waals surface area contributed by atoms with E-state index in [0.29, 0.717) is 66.1 Å². The molecular formula is C17H31O7PS4. The molecule has 0 aromatic rings. The van der Waals surface area contributed by atoms with Crippen LogP contribution < -0.4 is 0 Å². The molecule has 0 bridgehead atoms. The first kappa shape index (κ1) is 26.4. The van der Waals surface area contributed by atoms with E-state index in [9.17, 15) is 4.57 Å². The lowest BCUT2D eigenvalue weighted by molar-refractivity contribution is 0.00147. The molecule has 2 heterocycles. The fourth-order valence-electron chi connectivity index (χ4n) is 2.29. The van der Waals surface area contributed by atoms with E-state index in [0.717, 1.165) is 20.0 Å². The molecule has 0 N–H and O–H groups in total. The molecule has 2 aliphatic heterocycles. The van der Waals surface area contributed by atoms with Crippen molar-refractivity contribution in [3.63, 3.8) is 0 Å². The lowest BCUT2D eigenvalue weighted by Crippen LogP contribution is -2.13. The molecule has 2 aliphatic rings. The van der Waals surface area contributed by atoms with Crippen molar-refractivity contribution in [2.75, 3.05) is 77.6 Å². The fraction of sp³-hybridized carbons (Fsp3) is 0.882. The third-order valence-electron chi connectivity index (χ3n) is 3.50. The lowest BCUT2D eigenvalue weighted by Gasteiger charge is -2.21. The van der Waals surface area contributed by atoms with Gasteiger partial charge >= 0.3 is 7.60 Å².